The largest absolute Gasteiger partial charge is 0.457 e. The zero-order valence-electron chi connectivity index (χ0n) is 10.4. The maximum absolute atomic E-state index is 10.4. The molecule has 5 nitrogen and oxygen atoms in total. The Morgan fingerprint density at radius 1 is 1.10 bits per heavy atom. The first-order valence-electron chi connectivity index (χ1n) is 5.75. The number of primary amides is 1. The minimum atomic E-state index is -0.705. The predicted octanol–water partition coefficient (Wildman–Crippen LogP) is 3.13. The number of nitrogens with zero attached hydrogens (tertiary/aromatic N) is 1. The van der Waals surface area contributed by atoms with Crippen molar-refractivity contribution in [2.24, 2.45) is 10.8 Å². The van der Waals surface area contributed by atoms with Gasteiger partial charge in [-0.25, -0.2) is 10.2 Å². The van der Waals surface area contributed by atoms with E-state index < -0.39 is 6.03 Å². The second kappa shape index (κ2) is 6.58. The van der Waals surface area contributed by atoms with Gasteiger partial charge in [0.1, 0.15) is 11.5 Å². The molecule has 6 heteroatoms. The highest BCUT2D eigenvalue weighted by Crippen LogP contribution is 2.22. The summed E-state index contributed by atoms with van der Waals surface area (Å²) in [6, 6.07) is 13.6. The number of rotatable bonds is 4. The molecule has 0 fully saturated rings. The van der Waals surface area contributed by atoms with Gasteiger partial charge in [0.05, 0.1) is 6.21 Å². The van der Waals surface area contributed by atoms with Crippen molar-refractivity contribution in [2.75, 3.05) is 0 Å². The topological polar surface area (TPSA) is 76.7 Å². The Bertz CT molecular complexity index is 609. The van der Waals surface area contributed by atoms with Crippen LogP contribution in [-0.4, -0.2) is 12.2 Å². The molecule has 2 amide bonds. The number of nitrogens with one attached hydrogen (secondary N) is 1. The van der Waals surface area contributed by atoms with Crippen LogP contribution in [0, 0.1) is 0 Å². The quantitative estimate of drug-likeness (QED) is 0.670. The molecule has 102 valence electrons. The molecular formula is C14H12ClN3O2. The van der Waals surface area contributed by atoms with E-state index in [0.717, 1.165) is 5.56 Å². The molecule has 0 aromatic heterocycles. The Labute approximate surface area is 121 Å². The Hall–Kier alpha value is -2.53. The van der Waals surface area contributed by atoms with Gasteiger partial charge in [-0.1, -0.05) is 11.6 Å². The van der Waals surface area contributed by atoms with Crippen LogP contribution >= 0.6 is 11.6 Å². The molecule has 0 unspecified atom stereocenters. The molecule has 0 saturated heterocycles. The summed E-state index contributed by atoms with van der Waals surface area (Å²) in [5.74, 6) is 1.39. The predicted molar refractivity (Wildman–Crippen MR) is 78.3 cm³/mol. The molecule has 2 aromatic rings. The van der Waals surface area contributed by atoms with Crippen LogP contribution in [0.5, 0.6) is 11.5 Å². The summed E-state index contributed by atoms with van der Waals surface area (Å²) in [5, 5.41) is 4.32. The van der Waals surface area contributed by atoms with Crippen molar-refractivity contribution in [3.05, 3.63) is 59.1 Å². The number of hydrogen-bond donors (Lipinski definition) is 2. The summed E-state index contributed by atoms with van der Waals surface area (Å²) in [6.45, 7) is 0. The highest BCUT2D eigenvalue weighted by atomic mass is 35.5. The lowest BCUT2D eigenvalue weighted by Crippen LogP contribution is -2.24. The van der Waals surface area contributed by atoms with E-state index in [2.05, 4.69) is 10.5 Å². The molecule has 0 bridgehead atoms. The van der Waals surface area contributed by atoms with E-state index in [1.54, 1.807) is 48.5 Å². The monoisotopic (exact) mass is 289 g/mol. The molecule has 0 atom stereocenters. The minimum absolute atomic E-state index is 0.658. The zero-order valence-corrected chi connectivity index (χ0v) is 11.2. The molecule has 2 rings (SSSR count). The van der Waals surface area contributed by atoms with E-state index >= 15 is 0 Å². The van der Waals surface area contributed by atoms with E-state index in [-0.39, 0.29) is 0 Å². The molecule has 0 heterocycles. The fraction of sp³-hybridized carbons (Fsp3) is 0. The van der Waals surface area contributed by atoms with Gasteiger partial charge in [0.15, 0.2) is 0 Å². The van der Waals surface area contributed by atoms with Gasteiger partial charge < -0.3 is 10.5 Å². The average Bonchev–Trinajstić information content (AvgIpc) is 2.43. The van der Waals surface area contributed by atoms with Crippen molar-refractivity contribution in [2.45, 2.75) is 0 Å². The molecule has 0 radical (unpaired) electrons. The number of ether oxygens (including phenoxy) is 1. The second-order valence-electron chi connectivity index (χ2n) is 3.86. The van der Waals surface area contributed by atoms with Crippen LogP contribution in [0.1, 0.15) is 5.56 Å². The first kappa shape index (κ1) is 13.9. The number of urea groups is 1. The van der Waals surface area contributed by atoms with Crippen LogP contribution in [0.2, 0.25) is 5.02 Å². The van der Waals surface area contributed by atoms with Crippen molar-refractivity contribution in [3.8, 4) is 11.5 Å². The van der Waals surface area contributed by atoms with Gasteiger partial charge in [0.25, 0.3) is 0 Å². The molecule has 20 heavy (non-hydrogen) atoms. The summed E-state index contributed by atoms with van der Waals surface area (Å²) in [7, 11) is 0. The number of hydrogen-bond acceptors (Lipinski definition) is 3. The van der Waals surface area contributed by atoms with Crippen LogP contribution < -0.4 is 15.9 Å². The third kappa shape index (κ3) is 4.29. The molecule has 0 spiro atoms. The first-order chi connectivity index (χ1) is 9.63. The number of amides is 2. The maximum Gasteiger partial charge on any atom is 0.332 e. The Morgan fingerprint density at radius 3 is 2.20 bits per heavy atom. The number of benzene rings is 2. The normalized spacial score (nSPS) is 10.4. The fourth-order valence-corrected chi connectivity index (χ4v) is 1.56. The molecule has 2 aromatic carbocycles. The molecular weight excluding hydrogens is 278 g/mol. The molecule has 0 aliphatic rings. The van der Waals surface area contributed by atoms with Crippen molar-refractivity contribution in [1.29, 1.82) is 0 Å². The molecule has 0 aliphatic heterocycles. The lowest BCUT2D eigenvalue weighted by atomic mass is 10.2. The standard InChI is InChI=1S/C14H12ClN3O2/c15-11-3-7-13(8-4-11)20-12-5-1-10(2-6-12)9-17-18-14(16)19/h1-9H,(H3,16,18,19). The van der Waals surface area contributed by atoms with Gasteiger partial charge >= 0.3 is 6.03 Å². The molecule has 3 N–H and O–H groups in total. The Kier molecular flexibility index (Phi) is 4.57. The van der Waals surface area contributed by atoms with E-state index in [0.29, 0.717) is 16.5 Å². The van der Waals surface area contributed by atoms with Gasteiger partial charge in [-0.3, -0.25) is 0 Å². The number of carbonyl (C=O) groups is 1. The van der Waals surface area contributed by atoms with Crippen molar-refractivity contribution in [3.63, 3.8) is 0 Å². The van der Waals surface area contributed by atoms with Gasteiger partial charge in [-0.2, -0.15) is 5.10 Å². The van der Waals surface area contributed by atoms with E-state index in [4.69, 9.17) is 22.1 Å². The van der Waals surface area contributed by atoms with Crippen molar-refractivity contribution in [1.82, 2.24) is 5.43 Å². The smallest absolute Gasteiger partial charge is 0.332 e. The Morgan fingerprint density at radius 2 is 1.65 bits per heavy atom. The number of halogens is 1. The fourth-order valence-electron chi connectivity index (χ4n) is 1.43. The van der Waals surface area contributed by atoms with Gasteiger partial charge in [-0.15, -0.1) is 0 Å². The zero-order chi connectivity index (χ0) is 14.4. The highest BCUT2D eigenvalue weighted by Gasteiger charge is 1.97. The summed E-state index contributed by atoms with van der Waals surface area (Å²) in [4.78, 5) is 10.4. The SMILES string of the molecule is NC(=O)NN=Cc1ccc(Oc2ccc(Cl)cc2)cc1. The average molecular weight is 290 g/mol. The number of carbonyl (C=O) groups excluding carboxylic acids is 1. The van der Waals surface area contributed by atoms with Crippen LogP contribution in [0.25, 0.3) is 0 Å². The van der Waals surface area contributed by atoms with Crippen LogP contribution in [0.3, 0.4) is 0 Å². The lowest BCUT2D eigenvalue weighted by Gasteiger charge is -2.05. The lowest BCUT2D eigenvalue weighted by molar-refractivity contribution is 0.249. The number of hydrazone groups is 1. The third-order valence-corrected chi connectivity index (χ3v) is 2.57. The van der Waals surface area contributed by atoms with Gasteiger partial charge in [0.2, 0.25) is 0 Å². The number of nitrogens with two attached hydrogens (primary N) is 1. The van der Waals surface area contributed by atoms with Crippen molar-refractivity contribution >= 4 is 23.8 Å². The summed E-state index contributed by atoms with van der Waals surface area (Å²) < 4.78 is 5.64. The van der Waals surface area contributed by atoms with E-state index in [1.807, 2.05) is 0 Å². The first-order valence-corrected chi connectivity index (χ1v) is 6.13. The van der Waals surface area contributed by atoms with Gasteiger partial charge in [-0.05, 0) is 54.1 Å². The summed E-state index contributed by atoms with van der Waals surface area (Å²) in [6.07, 6.45) is 1.48. The molecule has 0 aliphatic carbocycles. The Balaban J connectivity index is 1.99. The minimum Gasteiger partial charge on any atom is -0.457 e. The van der Waals surface area contributed by atoms with Gasteiger partial charge in [0, 0.05) is 5.02 Å². The third-order valence-electron chi connectivity index (χ3n) is 2.32. The molecule has 0 saturated carbocycles. The van der Waals surface area contributed by atoms with Crippen LogP contribution in [0.4, 0.5) is 4.79 Å². The van der Waals surface area contributed by atoms with Crippen LogP contribution in [-0.2, 0) is 0 Å². The maximum atomic E-state index is 10.4. The summed E-state index contributed by atoms with van der Waals surface area (Å²) >= 11 is 5.80. The summed E-state index contributed by atoms with van der Waals surface area (Å²) in [5.41, 5.74) is 7.81. The van der Waals surface area contributed by atoms with E-state index in [9.17, 15) is 4.79 Å². The van der Waals surface area contributed by atoms with Crippen LogP contribution in [0.15, 0.2) is 53.6 Å². The highest BCUT2D eigenvalue weighted by molar-refractivity contribution is 6.30. The second-order valence-corrected chi connectivity index (χ2v) is 4.30. The van der Waals surface area contributed by atoms with E-state index in [1.165, 1.54) is 6.21 Å². The van der Waals surface area contributed by atoms with Crippen molar-refractivity contribution < 1.29 is 9.53 Å².